The van der Waals surface area contributed by atoms with Gasteiger partial charge in [0.25, 0.3) is 0 Å². The molecular formula is C17H20N4O3. The van der Waals surface area contributed by atoms with E-state index in [0.29, 0.717) is 24.4 Å². The average molecular weight is 328 g/mol. The Morgan fingerprint density at radius 1 is 1.33 bits per heavy atom. The monoisotopic (exact) mass is 328 g/mol. The van der Waals surface area contributed by atoms with Crippen LogP contribution in [0.2, 0.25) is 0 Å². The van der Waals surface area contributed by atoms with Crippen molar-refractivity contribution in [3.05, 3.63) is 48.0 Å². The molecule has 2 aromatic rings. The van der Waals surface area contributed by atoms with E-state index in [2.05, 4.69) is 10.1 Å². The summed E-state index contributed by atoms with van der Waals surface area (Å²) in [5, 5.41) is 13.1. The van der Waals surface area contributed by atoms with Crippen molar-refractivity contribution < 1.29 is 14.7 Å². The second-order valence-corrected chi connectivity index (χ2v) is 6.11. The highest BCUT2D eigenvalue weighted by Gasteiger charge is 2.26. The molecule has 0 bridgehead atoms. The molecule has 0 saturated carbocycles. The van der Waals surface area contributed by atoms with Crippen LogP contribution in [0.15, 0.2) is 36.9 Å². The van der Waals surface area contributed by atoms with Crippen LogP contribution in [0.4, 0.5) is 0 Å². The van der Waals surface area contributed by atoms with Gasteiger partial charge < -0.3 is 10.0 Å². The standard InChI is InChI=1S/C17H20N4O3/c22-16(5-7-21-12-18-11-19-21)20-6-4-14(10-20)8-13-2-1-3-15(9-13)17(23)24/h1-3,9,11-12,14H,4-8,10H2,(H,23,24). The van der Waals surface area contributed by atoms with E-state index in [-0.39, 0.29) is 5.91 Å². The van der Waals surface area contributed by atoms with Crippen LogP contribution in [0.5, 0.6) is 0 Å². The number of amides is 1. The molecule has 126 valence electrons. The fourth-order valence-corrected chi connectivity index (χ4v) is 3.11. The maximum atomic E-state index is 12.3. The number of carboxylic acids is 1. The summed E-state index contributed by atoms with van der Waals surface area (Å²) in [6, 6.07) is 7.04. The summed E-state index contributed by atoms with van der Waals surface area (Å²) < 4.78 is 1.66. The van der Waals surface area contributed by atoms with Gasteiger partial charge in [0, 0.05) is 19.5 Å². The second-order valence-electron chi connectivity index (χ2n) is 6.11. The fourth-order valence-electron chi connectivity index (χ4n) is 3.11. The molecule has 1 fully saturated rings. The molecule has 0 radical (unpaired) electrons. The Hall–Kier alpha value is -2.70. The third-order valence-corrected chi connectivity index (χ3v) is 4.36. The Kier molecular flexibility index (Phi) is 4.88. The highest BCUT2D eigenvalue weighted by atomic mass is 16.4. The van der Waals surface area contributed by atoms with Crippen molar-refractivity contribution >= 4 is 11.9 Å². The minimum absolute atomic E-state index is 0.132. The molecular weight excluding hydrogens is 308 g/mol. The van der Waals surface area contributed by atoms with E-state index in [0.717, 1.165) is 31.5 Å². The molecule has 1 atom stereocenters. The van der Waals surface area contributed by atoms with Crippen molar-refractivity contribution in [3.63, 3.8) is 0 Å². The van der Waals surface area contributed by atoms with Crippen LogP contribution in [0.25, 0.3) is 0 Å². The molecule has 1 amide bonds. The van der Waals surface area contributed by atoms with Crippen LogP contribution in [0.3, 0.4) is 0 Å². The van der Waals surface area contributed by atoms with E-state index in [9.17, 15) is 9.59 Å². The summed E-state index contributed by atoms with van der Waals surface area (Å²) >= 11 is 0. The summed E-state index contributed by atoms with van der Waals surface area (Å²) in [5.41, 5.74) is 1.32. The first-order valence-corrected chi connectivity index (χ1v) is 8.04. The first-order chi connectivity index (χ1) is 11.6. The van der Waals surface area contributed by atoms with E-state index in [1.54, 1.807) is 29.2 Å². The van der Waals surface area contributed by atoms with Crippen molar-refractivity contribution in [1.29, 1.82) is 0 Å². The van der Waals surface area contributed by atoms with Crippen LogP contribution in [-0.2, 0) is 17.8 Å². The molecule has 24 heavy (non-hydrogen) atoms. The van der Waals surface area contributed by atoms with E-state index < -0.39 is 5.97 Å². The molecule has 0 aliphatic carbocycles. The predicted molar refractivity (Wildman–Crippen MR) is 86.4 cm³/mol. The Morgan fingerprint density at radius 2 is 2.21 bits per heavy atom. The van der Waals surface area contributed by atoms with Gasteiger partial charge in [-0.05, 0) is 36.5 Å². The maximum absolute atomic E-state index is 12.3. The molecule has 1 aromatic carbocycles. The summed E-state index contributed by atoms with van der Waals surface area (Å²) in [6.45, 7) is 2.04. The van der Waals surface area contributed by atoms with Crippen LogP contribution < -0.4 is 0 Å². The zero-order valence-corrected chi connectivity index (χ0v) is 13.3. The van der Waals surface area contributed by atoms with Gasteiger partial charge in [-0.1, -0.05) is 12.1 Å². The number of aromatic nitrogens is 3. The third kappa shape index (κ3) is 3.98. The molecule has 7 nitrogen and oxygen atoms in total. The van der Waals surface area contributed by atoms with Crippen LogP contribution in [0.1, 0.15) is 28.8 Å². The van der Waals surface area contributed by atoms with Gasteiger partial charge in [-0.2, -0.15) is 5.10 Å². The highest BCUT2D eigenvalue weighted by Crippen LogP contribution is 2.22. The molecule has 3 rings (SSSR count). The van der Waals surface area contributed by atoms with Gasteiger partial charge in [-0.3, -0.25) is 9.48 Å². The molecule has 1 saturated heterocycles. The van der Waals surface area contributed by atoms with E-state index in [1.165, 1.54) is 6.33 Å². The number of nitrogens with zero attached hydrogens (tertiary/aromatic N) is 4. The van der Waals surface area contributed by atoms with Gasteiger partial charge >= 0.3 is 5.97 Å². The van der Waals surface area contributed by atoms with E-state index in [4.69, 9.17) is 5.11 Å². The number of carbonyl (C=O) groups is 2. The summed E-state index contributed by atoms with van der Waals surface area (Å²) in [6.07, 6.45) is 5.24. The number of rotatable bonds is 6. The van der Waals surface area contributed by atoms with Gasteiger partial charge in [-0.15, -0.1) is 0 Å². The number of likely N-dealkylation sites (tertiary alicyclic amines) is 1. The molecule has 1 aliphatic heterocycles. The third-order valence-electron chi connectivity index (χ3n) is 4.36. The number of hydrogen-bond donors (Lipinski definition) is 1. The normalized spacial score (nSPS) is 17.2. The average Bonchev–Trinajstić information content (AvgIpc) is 3.24. The maximum Gasteiger partial charge on any atom is 0.335 e. The van der Waals surface area contributed by atoms with Crippen LogP contribution in [0, 0.1) is 5.92 Å². The van der Waals surface area contributed by atoms with Crippen LogP contribution in [-0.4, -0.2) is 49.7 Å². The van der Waals surface area contributed by atoms with Crippen molar-refractivity contribution in [2.24, 2.45) is 5.92 Å². The van der Waals surface area contributed by atoms with Gasteiger partial charge in [0.1, 0.15) is 12.7 Å². The molecule has 7 heteroatoms. The van der Waals surface area contributed by atoms with Gasteiger partial charge in [0.05, 0.1) is 12.1 Å². The SMILES string of the molecule is O=C(O)c1cccc(CC2CCN(C(=O)CCn3cncn3)C2)c1. The second kappa shape index (κ2) is 7.25. The molecule has 2 heterocycles. The topological polar surface area (TPSA) is 88.3 Å². The minimum Gasteiger partial charge on any atom is -0.478 e. The largest absolute Gasteiger partial charge is 0.478 e. The van der Waals surface area contributed by atoms with Crippen LogP contribution >= 0.6 is 0 Å². The highest BCUT2D eigenvalue weighted by molar-refractivity contribution is 5.87. The minimum atomic E-state index is -0.909. The summed E-state index contributed by atoms with van der Waals surface area (Å²) in [5.74, 6) is -0.398. The van der Waals surface area contributed by atoms with Gasteiger partial charge in [0.2, 0.25) is 5.91 Å². The molecule has 1 N–H and O–H groups in total. The number of benzene rings is 1. The zero-order valence-electron chi connectivity index (χ0n) is 13.3. The Bertz CT molecular complexity index is 714. The zero-order chi connectivity index (χ0) is 16.9. The van der Waals surface area contributed by atoms with Crippen molar-refractivity contribution in [2.75, 3.05) is 13.1 Å². The van der Waals surface area contributed by atoms with Gasteiger partial charge in [-0.25, -0.2) is 9.78 Å². The van der Waals surface area contributed by atoms with Gasteiger partial charge in [0.15, 0.2) is 0 Å². The molecule has 1 unspecified atom stereocenters. The Morgan fingerprint density at radius 3 is 2.96 bits per heavy atom. The van der Waals surface area contributed by atoms with E-state index in [1.807, 2.05) is 11.0 Å². The summed E-state index contributed by atoms with van der Waals surface area (Å²) in [7, 11) is 0. The lowest BCUT2D eigenvalue weighted by Crippen LogP contribution is -2.29. The number of carbonyl (C=O) groups excluding carboxylic acids is 1. The Balaban J connectivity index is 1.50. The lowest BCUT2D eigenvalue weighted by Gasteiger charge is -2.16. The summed E-state index contributed by atoms with van der Waals surface area (Å²) in [4.78, 5) is 29.1. The quantitative estimate of drug-likeness (QED) is 0.867. The predicted octanol–water partition coefficient (Wildman–Crippen LogP) is 1.46. The molecule has 1 aromatic heterocycles. The Labute approximate surface area is 139 Å². The first-order valence-electron chi connectivity index (χ1n) is 8.04. The smallest absolute Gasteiger partial charge is 0.335 e. The lowest BCUT2D eigenvalue weighted by atomic mass is 9.97. The fraction of sp³-hybridized carbons (Fsp3) is 0.412. The van der Waals surface area contributed by atoms with Crippen molar-refractivity contribution in [1.82, 2.24) is 19.7 Å². The molecule has 1 aliphatic rings. The van der Waals surface area contributed by atoms with E-state index >= 15 is 0 Å². The van der Waals surface area contributed by atoms with Crippen molar-refractivity contribution in [3.8, 4) is 0 Å². The number of carboxylic acid groups (broad SMARTS) is 1. The first kappa shape index (κ1) is 16.2. The number of hydrogen-bond acceptors (Lipinski definition) is 4. The lowest BCUT2D eigenvalue weighted by molar-refractivity contribution is -0.130. The molecule has 0 spiro atoms. The number of aromatic carboxylic acids is 1. The van der Waals surface area contributed by atoms with Crippen molar-refractivity contribution in [2.45, 2.75) is 25.8 Å². The number of aryl methyl sites for hydroxylation is 1.